The zero-order valence-electron chi connectivity index (χ0n) is 14.3. The van der Waals surface area contributed by atoms with E-state index in [-0.39, 0.29) is 29.5 Å². The number of amides is 1. The Morgan fingerprint density at radius 3 is 2.77 bits per heavy atom. The summed E-state index contributed by atoms with van der Waals surface area (Å²) < 4.78 is 24.4. The van der Waals surface area contributed by atoms with Crippen LogP contribution in [0.1, 0.15) is 28.9 Å². The summed E-state index contributed by atoms with van der Waals surface area (Å²) in [5.74, 6) is -0.0631. The van der Waals surface area contributed by atoms with E-state index < -0.39 is 9.84 Å². The van der Waals surface area contributed by atoms with Gasteiger partial charge in [-0.05, 0) is 37.4 Å². The standard InChI is InChI=1S/C17H21N3O3S3/c21-16(15-9-18-17(25-15)14-5-4-8-24-14)19-12-10-26(22,23)11-13(12)20-6-2-1-3-7-20/h4-5,8-9,12-13H,1-3,6-7,10-11H2,(H,19,21). The molecule has 1 N–H and O–H groups in total. The average molecular weight is 412 g/mol. The molecule has 26 heavy (non-hydrogen) atoms. The van der Waals surface area contributed by atoms with Gasteiger partial charge >= 0.3 is 0 Å². The van der Waals surface area contributed by atoms with Crippen molar-refractivity contribution in [3.63, 3.8) is 0 Å². The van der Waals surface area contributed by atoms with Gasteiger partial charge in [0.15, 0.2) is 9.84 Å². The van der Waals surface area contributed by atoms with Gasteiger partial charge in [-0.2, -0.15) is 0 Å². The van der Waals surface area contributed by atoms with E-state index in [1.165, 1.54) is 17.8 Å². The number of hydrogen-bond acceptors (Lipinski definition) is 7. The number of thiophene rings is 1. The van der Waals surface area contributed by atoms with Crippen molar-refractivity contribution in [3.05, 3.63) is 28.6 Å². The third-order valence-corrected chi connectivity index (χ3v) is 8.71. The van der Waals surface area contributed by atoms with E-state index in [4.69, 9.17) is 0 Å². The zero-order chi connectivity index (χ0) is 18.1. The molecule has 2 atom stereocenters. The third kappa shape index (κ3) is 3.85. The number of aromatic nitrogens is 1. The Hall–Kier alpha value is -1.29. The molecule has 9 heteroatoms. The molecule has 2 aromatic rings. The molecule has 0 aliphatic carbocycles. The quantitative estimate of drug-likeness (QED) is 0.835. The molecule has 4 rings (SSSR count). The Morgan fingerprint density at radius 2 is 2.04 bits per heavy atom. The monoisotopic (exact) mass is 411 g/mol. The molecular weight excluding hydrogens is 390 g/mol. The van der Waals surface area contributed by atoms with Crippen LogP contribution in [0.25, 0.3) is 9.88 Å². The van der Waals surface area contributed by atoms with E-state index in [2.05, 4.69) is 15.2 Å². The largest absolute Gasteiger partial charge is 0.346 e. The van der Waals surface area contributed by atoms with Gasteiger partial charge in [-0.25, -0.2) is 13.4 Å². The first-order valence-corrected chi connectivity index (χ1v) is 12.3. The molecule has 140 valence electrons. The number of piperidine rings is 1. The lowest BCUT2D eigenvalue weighted by Gasteiger charge is -2.34. The lowest BCUT2D eigenvalue weighted by atomic mass is 10.0. The summed E-state index contributed by atoms with van der Waals surface area (Å²) >= 11 is 2.93. The van der Waals surface area contributed by atoms with E-state index in [0.29, 0.717) is 4.88 Å². The molecule has 2 fully saturated rings. The van der Waals surface area contributed by atoms with Crippen molar-refractivity contribution in [3.8, 4) is 9.88 Å². The van der Waals surface area contributed by atoms with Crippen molar-refractivity contribution in [2.75, 3.05) is 24.6 Å². The number of nitrogens with one attached hydrogen (secondary N) is 1. The Labute approximate surface area is 161 Å². The van der Waals surface area contributed by atoms with Crippen molar-refractivity contribution in [1.29, 1.82) is 0 Å². The van der Waals surface area contributed by atoms with Gasteiger partial charge in [0, 0.05) is 6.04 Å². The first kappa shape index (κ1) is 18.1. The summed E-state index contributed by atoms with van der Waals surface area (Å²) in [4.78, 5) is 20.8. The predicted molar refractivity (Wildman–Crippen MR) is 105 cm³/mol. The Balaban J connectivity index is 1.48. The summed E-state index contributed by atoms with van der Waals surface area (Å²) in [6, 6.07) is 3.46. The van der Waals surface area contributed by atoms with Crippen molar-refractivity contribution >= 4 is 38.4 Å². The van der Waals surface area contributed by atoms with Crippen LogP contribution in [-0.2, 0) is 9.84 Å². The topological polar surface area (TPSA) is 79.4 Å². The first-order chi connectivity index (χ1) is 12.5. The minimum absolute atomic E-state index is 0.0243. The Bertz CT molecular complexity index is 870. The van der Waals surface area contributed by atoms with Gasteiger partial charge in [-0.1, -0.05) is 12.5 Å². The van der Waals surface area contributed by atoms with E-state index in [0.717, 1.165) is 35.8 Å². The fourth-order valence-corrected chi connectivity index (χ4v) is 7.28. The van der Waals surface area contributed by atoms with Crippen LogP contribution in [0.15, 0.2) is 23.7 Å². The number of carbonyl (C=O) groups is 1. The van der Waals surface area contributed by atoms with Crippen LogP contribution in [0.5, 0.6) is 0 Å². The van der Waals surface area contributed by atoms with Crippen LogP contribution in [0.3, 0.4) is 0 Å². The maximum Gasteiger partial charge on any atom is 0.263 e. The van der Waals surface area contributed by atoms with Crippen LogP contribution in [0, 0.1) is 0 Å². The number of nitrogens with zero attached hydrogens (tertiary/aromatic N) is 2. The zero-order valence-corrected chi connectivity index (χ0v) is 16.7. The summed E-state index contributed by atoms with van der Waals surface area (Å²) in [6.45, 7) is 1.82. The fourth-order valence-electron chi connectivity index (χ4n) is 3.71. The molecule has 2 unspecified atom stereocenters. The molecule has 4 heterocycles. The molecule has 2 aliphatic rings. The number of sulfone groups is 1. The highest BCUT2D eigenvalue weighted by Crippen LogP contribution is 2.29. The van der Waals surface area contributed by atoms with Crippen molar-refractivity contribution in [2.24, 2.45) is 0 Å². The molecule has 2 saturated heterocycles. The van der Waals surface area contributed by atoms with Crippen LogP contribution in [0.4, 0.5) is 0 Å². The SMILES string of the molecule is O=C(NC1CS(=O)(=O)CC1N1CCCCC1)c1cnc(-c2cccs2)s1. The maximum atomic E-state index is 12.7. The number of rotatable bonds is 4. The molecule has 0 bridgehead atoms. The molecule has 1 amide bonds. The Morgan fingerprint density at radius 1 is 1.23 bits per heavy atom. The van der Waals surface area contributed by atoms with Crippen LogP contribution >= 0.6 is 22.7 Å². The molecule has 0 spiro atoms. The van der Waals surface area contributed by atoms with Gasteiger partial charge in [0.25, 0.3) is 5.91 Å². The van der Waals surface area contributed by atoms with Gasteiger partial charge in [-0.15, -0.1) is 22.7 Å². The second kappa shape index (κ2) is 7.38. The summed E-state index contributed by atoms with van der Waals surface area (Å²) in [6.07, 6.45) is 4.96. The predicted octanol–water partition coefficient (Wildman–Crippen LogP) is 2.25. The number of carbonyl (C=O) groups excluding carboxylic acids is 1. The summed E-state index contributed by atoms with van der Waals surface area (Å²) in [5, 5.41) is 5.76. The highest BCUT2D eigenvalue weighted by molar-refractivity contribution is 7.91. The minimum atomic E-state index is -3.12. The van der Waals surface area contributed by atoms with Crippen LogP contribution < -0.4 is 5.32 Å². The molecule has 6 nitrogen and oxygen atoms in total. The van der Waals surface area contributed by atoms with Gasteiger partial charge < -0.3 is 5.32 Å². The average Bonchev–Trinajstić information content (AvgIpc) is 3.34. The molecule has 2 aromatic heterocycles. The number of hydrogen-bond donors (Lipinski definition) is 1. The molecular formula is C17H21N3O3S3. The molecule has 2 aliphatic heterocycles. The molecule has 0 saturated carbocycles. The van der Waals surface area contributed by atoms with Crippen LogP contribution in [-0.4, -0.2) is 60.9 Å². The minimum Gasteiger partial charge on any atom is -0.346 e. The van der Waals surface area contributed by atoms with Crippen molar-refractivity contribution in [1.82, 2.24) is 15.2 Å². The van der Waals surface area contributed by atoms with Crippen molar-refractivity contribution < 1.29 is 13.2 Å². The Kier molecular flexibility index (Phi) is 5.13. The number of thiazole rings is 1. The molecule has 0 aromatic carbocycles. The lowest BCUT2D eigenvalue weighted by Crippen LogP contribution is -2.52. The maximum absolute atomic E-state index is 12.7. The van der Waals surface area contributed by atoms with Crippen LogP contribution in [0.2, 0.25) is 0 Å². The smallest absolute Gasteiger partial charge is 0.263 e. The summed E-state index contributed by atoms with van der Waals surface area (Å²) in [5.41, 5.74) is 0. The van der Waals surface area contributed by atoms with E-state index in [1.807, 2.05) is 17.5 Å². The van der Waals surface area contributed by atoms with Gasteiger partial charge in [0.05, 0.1) is 28.6 Å². The number of likely N-dealkylation sites (tertiary alicyclic amines) is 1. The highest BCUT2D eigenvalue weighted by Gasteiger charge is 2.42. The van der Waals surface area contributed by atoms with E-state index in [9.17, 15) is 13.2 Å². The fraction of sp³-hybridized carbons (Fsp3) is 0.529. The second-order valence-electron chi connectivity index (χ2n) is 6.83. The van der Waals surface area contributed by atoms with Gasteiger partial charge in [0.2, 0.25) is 0 Å². The normalized spacial score (nSPS) is 26.0. The van der Waals surface area contributed by atoms with Gasteiger partial charge in [0.1, 0.15) is 9.88 Å². The molecule has 0 radical (unpaired) electrons. The highest BCUT2D eigenvalue weighted by atomic mass is 32.2. The van der Waals surface area contributed by atoms with Crippen molar-refractivity contribution in [2.45, 2.75) is 31.3 Å². The summed E-state index contributed by atoms with van der Waals surface area (Å²) in [7, 11) is -3.12. The second-order valence-corrected chi connectivity index (χ2v) is 11.0. The third-order valence-electron chi connectivity index (χ3n) is 4.96. The van der Waals surface area contributed by atoms with E-state index in [1.54, 1.807) is 17.5 Å². The van der Waals surface area contributed by atoms with Gasteiger partial charge in [-0.3, -0.25) is 9.69 Å². The first-order valence-electron chi connectivity index (χ1n) is 8.77. The lowest BCUT2D eigenvalue weighted by molar-refractivity contribution is 0.0904. The van der Waals surface area contributed by atoms with E-state index >= 15 is 0 Å².